The van der Waals surface area contributed by atoms with Crippen LogP contribution in [0.5, 0.6) is 0 Å². The van der Waals surface area contributed by atoms with Crippen LogP contribution in [0.25, 0.3) is 97.4 Å². The van der Waals surface area contributed by atoms with Crippen molar-refractivity contribution in [1.82, 2.24) is 9.13 Å². The first kappa shape index (κ1) is 30.1. The number of nitrogens with zero attached hydrogens (tertiary/aromatic N) is 2. The van der Waals surface area contributed by atoms with E-state index in [0.717, 1.165) is 0 Å². The van der Waals surface area contributed by atoms with Crippen molar-refractivity contribution in [2.45, 2.75) is 19.3 Å². The average Bonchev–Trinajstić information content (AvgIpc) is 3.92. The smallest absolute Gasteiger partial charge is 0.0555 e. The first-order chi connectivity index (χ1) is 26.5. The summed E-state index contributed by atoms with van der Waals surface area (Å²) in [4.78, 5) is 0. The zero-order valence-corrected chi connectivity index (χ0v) is 30.8. The van der Waals surface area contributed by atoms with Crippen molar-refractivity contribution < 1.29 is 0 Å². The van der Waals surface area contributed by atoms with Gasteiger partial charge in [0.05, 0.1) is 22.1 Å². The van der Waals surface area contributed by atoms with Gasteiger partial charge in [0.2, 0.25) is 0 Å². The molecule has 254 valence electrons. The monoisotopic (exact) mass is 706 g/mol. The van der Waals surface area contributed by atoms with Crippen LogP contribution in [-0.4, -0.2) is 9.13 Å². The van der Waals surface area contributed by atoms with E-state index < -0.39 is 0 Å². The van der Waals surface area contributed by atoms with E-state index in [4.69, 9.17) is 0 Å². The van der Waals surface area contributed by atoms with Gasteiger partial charge >= 0.3 is 0 Å². The van der Waals surface area contributed by atoms with E-state index in [1.54, 1.807) is 0 Å². The zero-order chi connectivity index (χ0) is 35.7. The molecule has 0 aliphatic heterocycles. The Bertz CT molecular complexity index is 3350. The lowest BCUT2D eigenvalue weighted by atomic mass is 9.82. The summed E-state index contributed by atoms with van der Waals surface area (Å²) >= 11 is 1.90. The van der Waals surface area contributed by atoms with E-state index in [0.29, 0.717) is 0 Å². The fraction of sp³-hybridized carbons (Fsp3) is 0.0588. The summed E-state index contributed by atoms with van der Waals surface area (Å²) in [6.45, 7) is 4.73. The van der Waals surface area contributed by atoms with Crippen molar-refractivity contribution in [3.05, 3.63) is 181 Å². The Balaban J connectivity index is 1.08. The van der Waals surface area contributed by atoms with E-state index in [1.165, 1.54) is 109 Å². The minimum atomic E-state index is -0.0702. The lowest BCUT2D eigenvalue weighted by Gasteiger charge is -2.21. The van der Waals surface area contributed by atoms with Crippen LogP contribution in [0.4, 0.5) is 0 Å². The Kier molecular flexibility index (Phi) is 6.03. The van der Waals surface area contributed by atoms with Gasteiger partial charge in [-0.1, -0.05) is 117 Å². The second-order valence-electron chi connectivity index (χ2n) is 15.3. The standard InChI is InChI=1S/C51H34N2S/c1-51(2)42-20-9-6-17-35(42)39-29-41-40-28-32(23-25-45(40)52(47(41)30-43(39)51)33-14-4-3-5-15-33)31-13-12-16-34(27-31)53-44-21-10-7-19-38(44)49-46(53)26-24-37-36-18-8-11-22-48(36)54-50(37)49/h3-30H,1-2H3. The predicted molar refractivity (Wildman–Crippen MR) is 231 cm³/mol. The lowest BCUT2D eigenvalue weighted by molar-refractivity contribution is 0.661. The SMILES string of the molecule is CC1(C)c2ccccc2-c2cc3c4cc(-c5cccc(-n6c7ccccc7c7c8sc9ccccc9c8ccc76)c5)ccc4n(-c4ccccc4)c3cc21. The van der Waals surface area contributed by atoms with Crippen molar-refractivity contribution in [3.8, 4) is 33.6 Å². The Morgan fingerprint density at radius 2 is 1.09 bits per heavy atom. The van der Waals surface area contributed by atoms with Gasteiger partial charge in [-0.2, -0.15) is 0 Å². The molecule has 0 radical (unpaired) electrons. The van der Waals surface area contributed by atoms with Crippen LogP contribution in [-0.2, 0) is 5.41 Å². The predicted octanol–water partition coefficient (Wildman–Crippen LogP) is 14.2. The molecule has 2 nitrogen and oxygen atoms in total. The minimum absolute atomic E-state index is 0.0702. The van der Waals surface area contributed by atoms with Crippen LogP contribution in [0.15, 0.2) is 170 Å². The summed E-state index contributed by atoms with van der Waals surface area (Å²) in [6, 6.07) is 63.2. The van der Waals surface area contributed by atoms with Crippen LogP contribution >= 0.6 is 11.3 Å². The molecule has 1 aliphatic carbocycles. The second kappa shape index (κ2) is 10.8. The van der Waals surface area contributed by atoms with E-state index >= 15 is 0 Å². The molecule has 3 heteroatoms. The number of rotatable bonds is 3. The zero-order valence-electron chi connectivity index (χ0n) is 30.0. The van der Waals surface area contributed by atoms with Crippen molar-refractivity contribution >= 4 is 75.1 Å². The number of thiophene rings is 1. The Morgan fingerprint density at radius 3 is 2.00 bits per heavy atom. The van der Waals surface area contributed by atoms with Gasteiger partial charge in [-0.15, -0.1) is 11.3 Å². The summed E-state index contributed by atoms with van der Waals surface area (Å²) in [5.41, 5.74) is 15.1. The Morgan fingerprint density at radius 1 is 0.407 bits per heavy atom. The fourth-order valence-corrected chi connectivity index (χ4v) is 10.8. The lowest BCUT2D eigenvalue weighted by Crippen LogP contribution is -2.14. The summed E-state index contributed by atoms with van der Waals surface area (Å²) in [6.07, 6.45) is 0. The first-order valence-electron chi connectivity index (χ1n) is 18.8. The van der Waals surface area contributed by atoms with Gasteiger partial charge in [0.15, 0.2) is 0 Å². The first-order valence-corrected chi connectivity index (χ1v) is 19.6. The Labute approximate surface area is 316 Å². The van der Waals surface area contributed by atoms with Gasteiger partial charge in [-0.05, 0) is 100 Å². The number of fused-ring (bicyclic) bond motifs is 13. The molecule has 0 bridgehead atoms. The van der Waals surface area contributed by atoms with E-state index in [1.807, 2.05) is 11.3 Å². The van der Waals surface area contributed by atoms with Crippen LogP contribution in [0.1, 0.15) is 25.0 Å². The summed E-state index contributed by atoms with van der Waals surface area (Å²) in [7, 11) is 0. The molecule has 54 heavy (non-hydrogen) atoms. The van der Waals surface area contributed by atoms with Gasteiger partial charge in [0.1, 0.15) is 0 Å². The highest BCUT2D eigenvalue weighted by Gasteiger charge is 2.36. The van der Waals surface area contributed by atoms with Crippen LogP contribution < -0.4 is 0 Å². The molecule has 0 spiro atoms. The normalized spacial score (nSPS) is 13.5. The second-order valence-corrected chi connectivity index (χ2v) is 16.4. The van der Waals surface area contributed by atoms with E-state index in [9.17, 15) is 0 Å². The number of benzene rings is 8. The number of hydrogen-bond donors (Lipinski definition) is 0. The number of aromatic nitrogens is 2. The topological polar surface area (TPSA) is 9.86 Å². The van der Waals surface area contributed by atoms with Gasteiger partial charge in [0, 0.05) is 58.5 Å². The molecule has 0 fully saturated rings. The van der Waals surface area contributed by atoms with Crippen LogP contribution in [0.2, 0.25) is 0 Å². The maximum Gasteiger partial charge on any atom is 0.0555 e. The van der Waals surface area contributed by atoms with Gasteiger partial charge < -0.3 is 9.13 Å². The third-order valence-electron chi connectivity index (χ3n) is 12.1. The van der Waals surface area contributed by atoms with Crippen molar-refractivity contribution in [1.29, 1.82) is 0 Å². The molecule has 0 N–H and O–H groups in total. The van der Waals surface area contributed by atoms with Crippen molar-refractivity contribution in [3.63, 3.8) is 0 Å². The number of hydrogen-bond acceptors (Lipinski definition) is 1. The molecule has 0 unspecified atom stereocenters. The maximum atomic E-state index is 2.47. The molecule has 8 aromatic carbocycles. The molecule has 1 aliphatic rings. The maximum absolute atomic E-state index is 2.47. The summed E-state index contributed by atoms with van der Waals surface area (Å²) < 4.78 is 7.61. The minimum Gasteiger partial charge on any atom is -0.309 e. The molecule has 0 atom stereocenters. The summed E-state index contributed by atoms with van der Waals surface area (Å²) in [5.74, 6) is 0. The molecule has 12 rings (SSSR count). The molecule has 3 aromatic heterocycles. The third-order valence-corrected chi connectivity index (χ3v) is 13.3. The average molecular weight is 707 g/mol. The van der Waals surface area contributed by atoms with Crippen molar-refractivity contribution in [2.75, 3.05) is 0 Å². The van der Waals surface area contributed by atoms with E-state index in [-0.39, 0.29) is 5.41 Å². The quantitative estimate of drug-likeness (QED) is 0.173. The fourth-order valence-electron chi connectivity index (χ4n) is 9.59. The number of para-hydroxylation sites is 2. The van der Waals surface area contributed by atoms with Gasteiger partial charge in [0.25, 0.3) is 0 Å². The van der Waals surface area contributed by atoms with Gasteiger partial charge in [-0.3, -0.25) is 0 Å². The van der Waals surface area contributed by atoms with E-state index in [2.05, 4.69) is 193 Å². The molecular formula is C51H34N2S. The van der Waals surface area contributed by atoms with Crippen LogP contribution in [0, 0.1) is 0 Å². The molecular weight excluding hydrogens is 673 g/mol. The molecule has 11 aromatic rings. The molecule has 0 saturated heterocycles. The largest absolute Gasteiger partial charge is 0.309 e. The highest BCUT2D eigenvalue weighted by Crippen LogP contribution is 2.51. The van der Waals surface area contributed by atoms with Gasteiger partial charge in [-0.25, -0.2) is 0 Å². The summed E-state index contributed by atoms with van der Waals surface area (Å²) in [5, 5.41) is 7.85. The van der Waals surface area contributed by atoms with Crippen LogP contribution in [0.3, 0.4) is 0 Å². The molecule has 0 saturated carbocycles. The third kappa shape index (κ3) is 4.00. The molecule has 3 heterocycles. The Hall–Kier alpha value is -6.42. The molecule has 0 amide bonds. The highest BCUT2D eigenvalue weighted by molar-refractivity contribution is 7.26. The van der Waals surface area contributed by atoms with Crippen molar-refractivity contribution in [2.24, 2.45) is 0 Å². The highest BCUT2D eigenvalue weighted by atomic mass is 32.1.